The molecule has 1 aliphatic heterocycles. The van der Waals surface area contributed by atoms with Crippen molar-refractivity contribution in [1.29, 1.82) is 0 Å². The Hall–Kier alpha value is -2.00. The molecule has 1 heterocycles. The molecular weight excluding hydrogens is 500 g/mol. The Morgan fingerprint density at radius 3 is 2.33 bits per heavy atom. The molecule has 0 unspecified atom stereocenters. The van der Waals surface area contributed by atoms with E-state index in [1.807, 2.05) is 17.9 Å². The van der Waals surface area contributed by atoms with Gasteiger partial charge in [-0.05, 0) is 84.4 Å². The highest BCUT2D eigenvalue weighted by Crippen LogP contribution is 2.75. The lowest BCUT2D eigenvalue weighted by Crippen LogP contribution is -2.69. The van der Waals surface area contributed by atoms with Gasteiger partial charge < -0.3 is 14.4 Å². The maximum atomic E-state index is 14.7. The number of ketones is 2. The second-order valence-corrected chi connectivity index (χ2v) is 15.9. The fourth-order valence-electron chi connectivity index (χ4n) is 11.4. The van der Waals surface area contributed by atoms with Gasteiger partial charge in [-0.15, -0.1) is 0 Å². The molecule has 6 nitrogen and oxygen atoms in total. The van der Waals surface area contributed by atoms with E-state index in [2.05, 4.69) is 39.5 Å². The molecule has 0 radical (unpaired) electrons. The van der Waals surface area contributed by atoms with Crippen molar-refractivity contribution in [3.05, 3.63) is 23.2 Å². The van der Waals surface area contributed by atoms with E-state index in [0.29, 0.717) is 38.5 Å². The van der Waals surface area contributed by atoms with Crippen molar-refractivity contribution in [3.8, 4) is 0 Å². The van der Waals surface area contributed by atoms with E-state index in [1.54, 1.807) is 0 Å². The number of allylic oxidation sites excluding steroid dienone is 2. The fourth-order valence-corrected chi connectivity index (χ4v) is 11.4. The summed E-state index contributed by atoms with van der Waals surface area (Å²) in [6.45, 7) is 23.9. The minimum absolute atomic E-state index is 0.0270. The summed E-state index contributed by atoms with van der Waals surface area (Å²) >= 11 is 0. The molecule has 1 saturated heterocycles. The molecule has 9 atom stereocenters. The third kappa shape index (κ3) is 3.58. The van der Waals surface area contributed by atoms with Crippen LogP contribution < -0.4 is 0 Å². The van der Waals surface area contributed by atoms with Gasteiger partial charge in [-0.2, -0.15) is 0 Å². The predicted molar refractivity (Wildman–Crippen MR) is 153 cm³/mol. The van der Waals surface area contributed by atoms with E-state index in [1.165, 1.54) is 0 Å². The molecule has 40 heavy (non-hydrogen) atoms. The average Bonchev–Trinajstić information content (AvgIpc) is 2.92. The van der Waals surface area contributed by atoms with Crippen LogP contribution in [0.1, 0.15) is 92.9 Å². The highest BCUT2D eigenvalue weighted by atomic mass is 16.5. The van der Waals surface area contributed by atoms with Gasteiger partial charge in [-0.1, -0.05) is 47.6 Å². The number of hydrogen-bond acceptors (Lipinski definition) is 4. The van der Waals surface area contributed by atoms with Crippen LogP contribution in [0.15, 0.2) is 11.8 Å². The summed E-state index contributed by atoms with van der Waals surface area (Å²) in [5.74, 6) is 0.583. The quantitative estimate of drug-likeness (QED) is 0.371. The molecule has 0 N–H and O–H groups in total. The van der Waals surface area contributed by atoms with Crippen molar-refractivity contribution in [2.75, 3.05) is 26.3 Å². The number of carbonyl (C=O) groups excluding carboxylic acids is 3. The van der Waals surface area contributed by atoms with Gasteiger partial charge in [-0.25, -0.2) is 4.85 Å². The molecule has 0 aromatic heterocycles. The molecule has 1 amide bonds. The lowest BCUT2D eigenvalue weighted by Gasteiger charge is -2.71. The van der Waals surface area contributed by atoms with Crippen LogP contribution in [0, 0.1) is 63.2 Å². The molecule has 4 saturated carbocycles. The summed E-state index contributed by atoms with van der Waals surface area (Å²) < 4.78 is 5.59. The first kappa shape index (κ1) is 28.1. The highest BCUT2D eigenvalue weighted by molar-refractivity contribution is 6.00. The van der Waals surface area contributed by atoms with E-state index in [0.717, 1.165) is 44.9 Å². The van der Waals surface area contributed by atoms with E-state index < -0.39 is 5.41 Å². The normalized spacial score (nSPS) is 48.1. The SMILES string of the molecule is [C-]#[N+]C1=C[C@]2(C)[C@H]3CC(=O)[C@@H]4[C@@H]5CC(C)(C)CC[C@]5(C(=O)N5CCOCC5)CC[C@@]4(C)[C@]3(C)CC[C@H]2[C@H](C)C1=O. The molecule has 0 bridgehead atoms. The topological polar surface area (TPSA) is 68.0 Å². The molecule has 0 spiro atoms. The number of carbonyl (C=O) groups is 3. The fraction of sp³-hybridized carbons (Fsp3) is 0.824. The molecule has 6 heteroatoms. The molecular formula is C34H48N2O4. The van der Waals surface area contributed by atoms with Gasteiger partial charge in [0.25, 0.3) is 0 Å². The zero-order valence-electron chi connectivity index (χ0n) is 25.5. The van der Waals surface area contributed by atoms with E-state index in [9.17, 15) is 14.4 Å². The van der Waals surface area contributed by atoms with Gasteiger partial charge in [0.1, 0.15) is 5.78 Å². The first-order valence-corrected chi connectivity index (χ1v) is 15.8. The minimum atomic E-state index is -0.458. The van der Waals surface area contributed by atoms with Gasteiger partial charge >= 0.3 is 0 Å². The third-order valence-corrected chi connectivity index (χ3v) is 13.8. The largest absolute Gasteiger partial charge is 0.378 e. The lowest BCUT2D eigenvalue weighted by molar-refractivity contribution is -0.221. The summed E-state index contributed by atoms with van der Waals surface area (Å²) in [7, 11) is 0. The lowest BCUT2D eigenvalue weighted by atomic mass is 9.32. The summed E-state index contributed by atoms with van der Waals surface area (Å²) in [6, 6.07) is 0. The van der Waals surface area contributed by atoms with Crippen LogP contribution in [-0.4, -0.2) is 48.7 Å². The maximum absolute atomic E-state index is 14.7. The van der Waals surface area contributed by atoms with Gasteiger partial charge in [0.05, 0.1) is 25.2 Å². The van der Waals surface area contributed by atoms with Crippen molar-refractivity contribution in [1.82, 2.24) is 4.90 Å². The van der Waals surface area contributed by atoms with Crippen LogP contribution >= 0.6 is 0 Å². The van der Waals surface area contributed by atoms with Gasteiger partial charge in [0.15, 0.2) is 5.78 Å². The Morgan fingerprint density at radius 1 is 0.975 bits per heavy atom. The number of hydrogen-bond donors (Lipinski definition) is 0. The summed E-state index contributed by atoms with van der Waals surface area (Å²) in [5.41, 5.74) is -0.761. The molecule has 5 fully saturated rings. The Morgan fingerprint density at radius 2 is 1.65 bits per heavy atom. The highest BCUT2D eigenvalue weighted by Gasteiger charge is 2.72. The van der Waals surface area contributed by atoms with Gasteiger partial charge in [0.2, 0.25) is 11.6 Å². The maximum Gasteiger partial charge on any atom is 0.229 e. The average molecular weight is 549 g/mol. The third-order valence-electron chi connectivity index (χ3n) is 13.8. The molecule has 0 aromatic rings. The number of rotatable bonds is 1. The van der Waals surface area contributed by atoms with E-state index in [-0.39, 0.29) is 68.6 Å². The van der Waals surface area contributed by atoms with Crippen LogP contribution in [0.25, 0.3) is 4.85 Å². The number of morpholine rings is 1. The molecule has 0 aromatic carbocycles. The number of ether oxygens (including phenoxy) is 1. The van der Waals surface area contributed by atoms with Crippen LogP contribution in [0.5, 0.6) is 0 Å². The molecule has 5 aliphatic carbocycles. The van der Waals surface area contributed by atoms with E-state index in [4.69, 9.17) is 11.3 Å². The molecule has 6 aliphatic rings. The summed E-state index contributed by atoms with van der Waals surface area (Å²) in [4.78, 5) is 47.8. The Bertz CT molecular complexity index is 1210. The monoisotopic (exact) mass is 548 g/mol. The predicted octanol–water partition coefficient (Wildman–Crippen LogP) is 6.11. The van der Waals surface area contributed by atoms with E-state index >= 15 is 0 Å². The van der Waals surface area contributed by atoms with Crippen LogP contribution in [0.3, 0.4) is 0 Å². The van der Waals surface area contributed by atoms with Crippen LogP contribution in [-0.2, 0) is 19.1 Å². The van der Waals surface area contributed by atoms with Crippen molar-refractivity contribution in [2.24, 2.45) is 56.7 Å². The zero-order valence-corrected chi connectivity index (χ0v) is 25.5. The summed E-state index contributed by atoms with van der Waals surface area (Å²) in [6.07, 6.45) is 8.96. The number of Topliss-reactive ketones (excluding diaryl/α,β-unsaturated/α-hetero) is 2. The first-order valence-electron chi connectivity index (χ1n) is 15.8. The Labute approximate surface area is 240 Å². The summed E-state index contributed by atoms with van der Waals surface area (Å²) in [5, 5.41) is 0. The van der Waals surface area contributed by atoms with Gasteiger partial charge in [0, 0.05) is 31.3 Å². The zero-order chi connectivity index (χ0) is 28.9. The number of fused-ring (bicyclic) bond motifs is 7. The first-order chi connectivity index (χ1) is 18.7. The van der Waals surface area contributed by atoms with Crippen LogP contribution in [0.2, 0.25) is 0 Å². The second kappa shape index (κ2) is 9.00. The number of nitrogens with zero attached hydrogens (tertiary/aromatic N) is 2. The van der Waals surface area contributed by atoms with Crippen molar-refractivity contribution < 1.29 is 19.1 Å². The Kier molecular flexibility index (Phi) is 6.33. The van der Waals surface area contributed by atoms with Crippen molar-refractivity contribution in [3.63, 3.8) is 0 Å². The standard InChI is InChI=1S/C34H48N2O4/c1-21-22-8-9-32(5)26(31(22,4)20-24(35-7)28(21)38)18-25(37)27-23-19-30(2,3)10-12-34(23,13-11-33(27,32)6)29(39)36-14-16-40-17-15-36/h20-23,26-27H,8-19H2,1-6H3/t21-,22-,23-,26+,27-,31-,32+,33+,34-/m0/s1. The number of amides is 1. The Balaban J connectivity index is 1.44. The molecule has 218 valence electrons. The second-order valence-electron chi connectivity index (χ2n) is 15.9. The van der Waals surface area contributed by atoms with Crippen molar-refractivity contribution in [2.45, 2.75) is 92.9 Å². The molecule has 6 rings (SSSR count). The van der Waals surface area contributed by atoms with Gasteiger partial charge in [-0.3, -0.25) is 9.59 Å². The van der Waals surface area contributed by atoms with Crippen LogP contribution in [0.4, 0.5) is 0 Å². The minimum Gasteiger partial charge on any atom is -0.378 e. The van der Waals surface area contributed by atoms with Crippen molar-refractivity contribution >= 4 is 17.5 Å². The smallest absolute Gasteiger partial charge is 0.229 e.